The van der Waals surface area contributed by atoms with Crippen LogP contribution in [0.5, 0.6) is 0 Å². The lowest BCUT2D eigenvalue weighted by atomic mass is 10.1. The molecule has 1 amide bonds. The van der Waals surface area contributed by atoms with E-state index in [1.54, 1.807) is 6.92 Å². The van der Waals surface area contributed by atoms with Crippen molar-refractivity contribution in [3.8, 4) is 0 Å². The van der Waals surface area contributed by atoms with E-state index in [2.05, 4.69) is 0 Å². The van der Waals surface area contributed by atoms with Crippen molar-refractivity contribution >= 4 is 11.9 Å². The van der Waals surface area contributed by atoms with Crippen LogP contribution in [0.2, 0.25) is 0 Å². The molecule has 0 radical (unpaired) electrons. The van der Waals surface area contributed by atoms with E-state index in [-0.39, 0.29) is 12.4 Å². The number of carbonyl (C=O) groups is 2. The van der Waals surface area contributed by atoms with E-state index in [1.807, 2.05) is 4.90 Å². The molecule has 0 aliphatic carbocycles. The van der Waals surface area contributed by atoms with Gasteiger partial charge in [0.25, 0.3) is 0 Å². The van der Waals surface area contributed by atoms with Gasteiger partial charge in [-0.05, 0) is 13.0 Å². The van der Waals surface area contributed by atoms with Crippen molar-refractivity contribution < 1.29 is 23.8 Å². The van der Waals surface area contributed by atoms with Crippen LogP contribution in [0, 0.1) is 6.92 Å². The lowest BCUT2D eigenvalue weighted by Gasteiger charge is -2.33. The van der Waals surface area contributed by atoms with Crippen LogP contribution in [-0.2, 0) is 16.1 Å². The first-order valence-electron chi connectivity index (χ1n) is 5.92. The Kier molecular flexibility index (Phi) is 3.87. The third kappa shape index (κ3) is 2.94. The largest absolute Gasteiger partial charge is 0.475 e. The van der Waals surface area contributed by atoms with Crippen molar-refractivity contribution in [1.82, 2.24) is 4.90 Å². The molecule has 1 atom stereocenters. The van der Waals surface area contributed by atoms with Gasteiger partial charge in [-0.2, -0.15) is 0 Å². The van der Waals surface area contributed by atoms with E-state index in [4.69, 9.17) is 20.0 Å². The number of carboxylic acid groups (broad SMARTS) is 1. The second kappa shape index (κ2) is 5.41. The Morgan fingerprint density at radius 1 is 1.58 bits per heavy atom. The summed E-state index contributed by atoms with van der Waals surface area (Å²) in [7, 11) is 0. The first-order valence-corrected chi connectivity index (χ1v) is 5.92. The van der Waals surface area contributed by atoms with Crippen molar-refractivity contribution in [1.29, 1.82) is 0 Å². The van der Waals surface area contributed by atoms with Gasteiger partial charge in [-0.1, -0.05) is 0 Å². The molecule has 104 valence electrons. The molecule has 0 saturated carbocycles. The third-order valence-corrected chi connectivity index (χ3v) is 3.17. The standard InChI is InChI=1S/C12H16N2O5/c1-7-8(4-10(19-7)12(16)17)5-14-2-3-18-6-9(14)11(13)15/h4,9H,2-3,5-6H2,1H3,(H2,13,15)(H,16,17). The first kappa shape index (κ1) is 13.6. The second-order valence-electron chi connectivity index (χ2n) is 4.46. The Hall–Kier alpha value is -1.86. The minimum Gasteiger partial charge on any atom is -0.475 e. The summed E-state index contributed by atoms with van der Waals surface area (Å²) < 4.78 is 10.4. The molecule has 0 aromatic carbocycles. The molecular formula is C12H16N2O5. The molecule has 0 spiro atoms. The molecule has 1 unspecified atom stereocenters. The normalized spacial score (nSPS) is 20.4. The maximum Gasteiger partial charge on any atom is 0.371 e. The SMILES string of the molecule is Cc1oc(C(=O)O)cc1CN1CCOCC1C(N)=O. The van der Waals surface area contributed by atoms with Crippen LogP contribution in [0.3, 0.4) is 0 Å². The number of amides is 1. The smallest absolute Gasteiger partial charge is 0.371 e. The molecular weight excluding hydrogens is 252 g/mol. The van der Waals surface area contributed by atoms with Crippen molar-refractivity contribution in [3.05, 3.63) is 23.2 Å². The molecule has 2 rings (SSSR count). The first-order chi connectivity index (χ1) is 8.99. The predicted molar refractivity (Wildman–Crippen MR) is 64.6 cm³/mol. The molecule has 19 heavy (non-hydrogen) atoms. The second-order valence-corrected chi connectivity index (χ2v) is 4.46. The van der Waals surface area contributed by atoms with Crippen LogP contribution in [0.25, 0.3) is 0 Å². The van der Waals surface area contributed by atoms with E-state index < -0.39 is 17.9 Å². The van der Waals surface area contributed by atoms with Crippen LogP contribution in [-0.4, -0.2) is 47.7 Å². The van der Waals surface area contributed by atoms with Crippen molar-refractivity contribution in [2.24, 2.45) is 5.73 Å². The number of ether oxygens (including phenoxy) is 1. The summed E-state index contributed by atoms with van der Waals surface area (Å²) in [5.74, 6) is -1.12. The van der Waals surface area contributed by atoms with E-state index in [9.17, 15) is 9.59 Å². The van der Waals surface area contributed by atoms with Gasteiger partial charge in [-0.25, -0.2) is 4.79 Å². The van der Waals surface area contributed by atoms with Crippen molar-refractivity contribution in [2.75, 3.05) is 19.8 Å². The molecule has 1 aromatic heterocycles. The highest BCUT2D eigenvalue weighted by atomic mass is 16.5. The minimum atomic E-state index is -1.11. The summed E-state index contributed by atoms with van der Waals surface area (Å²) in [6.45, 7) is 3.46. The van der Waals surface area contributed by atoms with Gasteiger partial charge in [-0.15, -0.1) is 0 Å². The fraction of sp³-hybridized carbons (Fsp3) is 0.500. The Balaban J connectivity index is 2.14. The van der Waals surface area contributed by atoms with Gasteiger partial charge in [0.05, 0.1) is 13.2 Å². The number of hydrogen-bond acceptors (Lipinski definition) is 5. The lowest BCUT2D eigenvalue weighted by molar-refractivity contribution is -0.129. The summed E-state index contributed by atoms with van der Waals surface area (Å²) in [4.78, 5) is 24.0. The number of aromatic carboxylic acids is 1. The van der Waals surface area contributed by atoms with E-state index in [0.29, 0.717) is 25.5 Å². The zero-order chi connectivity index (χ0) is 14.0. The lowest BCUT2D eigenvalue weighted by Crippen LogP contribution is -2.51. The number of nitrogens with zero attached hydrogens (tertiary/aromatic N) is 1. The van der Waals surface area contributed by atoms with Gasteiger partial charge < -0.3 is 20.0 Å². The third-order valence-electron chi connectivity index (χ3n) is 3.17. The van der Waals surface area contributed by atoms with Crippen LogP contribution in [0.1, 0.15) is 21.9 Å². The molecule has 1 aliphatic heterocycles. The van der Waals surface area contributed by atoms with Crippen molar-refractivity contribution in [2.45, 2.75) is 19.5 Å². The van der Waals surface area contributed by atoms with Crippen LogP contribution < -0.4 is 5.73 Å². The summed E-state index contributed by atoms with van der Waals surface area (Å²) in [5, 5.41) is 8.87. The summed E-state index contributed by atoms with van der Waals surface area (Å²) in [5.41, 5.74) is 6.07. The van der Waals surface area contributed by atoms with E-state index in [1.165, 1.54) is 6.07 Å². The van der Waals surface area contributed by atoms with Gasteiger partial charge >= 0.3 is 5.97 Å². The van der Waals surface area contributed by atoms with E-state index in [0.717, 1.165) is 5.56 Å². The molecule has 7 heteroatoms. The number of carboxylic acids is 1. The fourth-order valence-electron chi connectivity index (χ4n) is 2.09. The number of nitrogens with two attached hydrogens (primary N) is 1. The molecule has 1 saturated heterocycles. The van der Waals surface area contributed by atoms with Crippen LogP contribution in [0.15, 0.2) is 10.5 Å². The quantitative estimate of drug-likeness (QED) is 0.794. The maximum absolute atomic E-state index is 11.3. The summed E-state index contributed by atoms with van der Waals surface area (Å²) in [6, 6.07) is 0.988. The highest BCUT2D eigenvalue weighted by Gasteiger charge is 2.28. The highest BCUT2D eigenvalue weighted by molar-refractivity contribution is 5.84. The van der Waals surface area contributed by atoms with Gasteiger partial charge in [-0.3, -0.25) is 9.69 Å². The Morgan fingerprint density at radius 3 is 2.89 bits per heavy atom. The van der Waals surface area contributed by atoms with Gasteiger partial charge in [0, 0.05) is 18.7 Å². The monoisotopic (exact) mass is 268 g/mol. The molecule has 1 fully saturated rings. The average Bonchev–Trinajstić information content (AvgIpc) is 2.72. The van der Waals surface area contributed by atoms with Gasteiger partial charge in [0.15, 0.2) is 0 Å². The molecule has 2 heterocycles. The highest BCUT2D eigenvalue weighted by Crippen LogP contribution is 2.19. The zero-order valence-electron chi connectivity index (χ0n) is 10.6. The fourth-order valence-corrected chi connectivity index (χ4v) is 2.09. The topological polar surface area (TPSA) is 106 Å². The molecule has 1 aliphatic rings. The molecule has 1 aromatic rings. The minimum absolute atomic E-state index is 0.101. The number of aryl methyl sites for hydroxylation is 1. The van der Waals surface area contributed by atoms with Crippen LogP contribution >= 0.6 is 0 Å². The number of primary amides is 1. The van der Waals surface area contributed by atoms with Crippen LogP contribution in [0.4, 0.5) is 0 Å². The van der Waals surface area contributed by atoms with Crippen molar-refractivity contribution in [3.63, 3.8) is 0 Å². The summed E-state index contributed by atoms with van der Waals surface area (Å²) in [6.07, 6.45) is 0. The number of morpholine rings is 1. The Labute approximate surface area is 109 Å². The molecule has 0 bridgehead atoms. The number of carbonyl (C=O) groups excluding carboxylic acids is 1. The number of hydrogen-bond donors (Lipinski definition) is 2. The average molecular weight is 268 g/mol. The maximum atomic E-state index is 11.3. The summed E-state index contributed by atoms with van der Waals surface area (Å²) >= 11 is 0. The molecule has 7 nitrogen and oxygen atoms in total. The number of furan rings is 1. The molecule has 3 N–H and O–H groups in total. The zero-order valence-corrected chi connectivity index (χ0v) is 10.6. The van der Waals surface area contributed by atoms with Gasteiger partial charge in [0.2, 0.25) is 11.7 Å². The van der Waals surface area contributed by atoms with E-state index >= 15 is 0 Å². The Bertz CT molecular complexity index is 496. The Morgan fingerprint density at radius 2 is 2.32 bits per heavy atom. The predicted octanol–water partition coefficient (Wildman–Crippen LogP) is -0.0277. The van der Waals surface area contributed by atoms with Gasteiger partial charge in [0.1, 0.15) is 11.8 Å². The number of rotatable bonds is 4.